The van der Waals surface area contributed by atoms with Crippen molar-refractivity contribution in [1.82, 2.24) is 24.9 Å². The Morgan fingerprint density at radius 2 is 1.97 bits per heavy atom. The van der Waals surface area contributed by atoms with Gasteiger partial charge in [-0.1, -0.05) is 23.8 Å². The van der Waals surface area contributed by atoms with Crippen LogP contribution in [0.4, 0.5) is 15.0 Å². The van der Waals surface area contributed by atoms with Crippen molar-refractivity contribution in [3.63, 3.8) is 0 Å². The van der Waals surface area contributed by atoms with Crippen molar-refractivity contribution in [2.24, 2.45) is 0 Å². The summed E-state index contributed by atoms with van der Waals surface area (Å²) >= 11 is 6.02. The maximum atomic E-state index is 15.2. The molecule has 5 rings (SSSR count). The molecule has 0 radical (unpaired) electrons. The van der Waals surface area contributed by atoms with E-state index < -0.39 is 17.5 Å². The molecule has 0 saturated carbocycles. The predicted octanol–water partition coefficient (Wildman–Crippen LogP) is 5.13. The summed E-state index contributed by atoms with van der Waals surface area (Å²) in [4.78, 5) is 28.7. The van der Waals surface area contributed by atoms with Gasteiger partial charge in [-0.25, -0.2) is 19.2 Å². The molecular weight excluding hydrogens is 499 g/mol. The number of carbonyl (C=O) groups is 1. The summed E-state index contributed by atoms with van der Waals surface area (Å²) < 4.78 is 27.1. The van der Waals surface area contributed by atoms with Gasteiger partial charge in [0.05, 0.1) is 10.9 Å². The third-order valence-electron chi connectivity index (χ3n) is 7.19. The molecule has 0 aliphatic carbocycles. The quantitative estimate of drug-likeness (QED) is 0.395. The molecule has 0 bridgehead atoms. The van der Waals surface area contributed by atoms with Gasteiger partial charge in [0.1, 0.15) is 17.7 Å². The molecular formula is C26H34ClFN6O3. The van der Waals surface area contributed by atoms with Crippen LogP contribution in [-0.4, -0.2) is 74.9 Å². The van der Waals surface area contributed by atoms with Crippen LogP contribution in [0.15, 0.2) is 18.3 Å². The molecule has 1 amide bonds. The van der Waals surface area contributed by atoms with E-state index >= 15 is 4.39 Å². The van der Waals surface area contributed by atoms with Crippen molar-refractivity contribution in [2.45, 2.75) is 70.4 Å². The molecule has 3 fully saturated rings. The largest absolute Gasteiger partial charge is 0.461 e. The monoisotopic (exact) mass is 532 g/mol. The summed E-state index contributed by atoms with van der Waals surface area (Å²) in [5.41, 5.74) is 0.375. The molecule has 11 heteroatoms. The summed E-state index contributed by atoms with van der Waals surface area (Å²) in [6.07, 6.45) is 6.46. The lowest BCUT2D eigenvalue weighted by molar-refractivity contribution is 0.0232. The number of hydrazine groups is 1. The van der Waals surface area contributed by atoms with Gasteiger partial charge in [-0.15, -0.1) is 0 Å². The Bertz CT molecular complexity index is 1220. The van der Waals surface area contributed by atoms with E-state index in [1.165, 1.54) is 16.8 Å². The second kappa shape index (κ2) is 9.87. The first kappa shape index (κ1) is 25.9. The number of fused-ring (bicyclic) bond motifs is 2. The Hall–Kier alpha value is -2.72. The molecule has 2 aromatic rings. The van der Waals surface area contributed by atoms with Crippen LogP contribution in [0.2, 0.25) is 5.15 Å². The summed E-state index contributed by atoms with van der Waals surface area (Å²) in [7, 11) is 0. The van der Waals surface area contributed by atoms with Crippen molar-refractivity contribution < 1.29 is 18.7 Å². The third kappa shape index (κ3) is 5.18. The van der Waals surface area contributed by atoms with Crippen molar-refractivity contribution >= 4 is 34.4 Å². The minimum Gasteiger partial charge on any atom is -0.461 e. The lowest BCUT2D eigenvalue weighted by Crippen LogP contribution is -2.49. The second-order valence-electron chi connectivity index (χ2n) is 11.2. The van der Waals surface area contributed by atoms with E-state index in [0.717, 1.165) is 51.6 Å². The van der Waals surface area contributed by atoms with Crippen molar-refractivity contribution in [2.75, 3.05) is 37.8 Å². The number of halogens is 2. The van der Waals surface area contributed by atoms with Gasteiger partial charge in [0.25, 0.3) is 0 Å². The Kier molecular flexibility index (Phi) is 6.91. The molecule has 0 spiro atoms. The van der Waals surface area contributed by atoms with Crippen LogP contribution < -0.4 is 9.75 Å². The van der Waals surface area contributed by atoms with Gasteiger partial charge in [0.15, 0.2) is 16.8 Å². The van der Waals surface area contributed by atoms with Gasteiger partial charge in [0.2, 0.25) is 0 Å². The Morgan fingerprint density at radius 3 is 2.76 bits per heavy atom. The summed E-state index contributed by atoms with van der Waals surface area (Å²) in [6.45, 7) is 12.8. The number of rotatable bonds is 4. The first-order valence-electron chi connectivity index (χ1n) is 12.9. The second-order valence-corrected chi connectivity index (χ2v) is 11.6. The summed E-state index contributed by atoms with van der Waals surface area (Å²) in [5, 5.41) is 3.34. The zero-order valence-electron chi connectivity index (χ0n) is 21.7. The van der Waals surface area contributed by atoms with Crippen molar-refractivity contribution in [1.29, 1.82) is 0 Å². The van der Waals surface area contributed by atoms with Crippen LogP contribution in [0, 0.1) is 5.82 Å². The standard InChI is InChI=1S/C26H34ClFN6O3/c1-17-13-26(9-8-10-32(26)15-17)16-36-23-30-20-18(14-29-21(27)19(20)28)22(31-23)33-11-6-5-7-12-34(33)24(35)37-25(2,3)4/h14H,1,5-13,15-16H2,2-4H3. The zero-order valence-corrected chi connectivity index (χ0v) is 22.5. The van der Waals surface area contributed by atoms with E-state index in [2.05, 4.69) is 21.4 Å². The van der Waals surface area contributed by atoms with Crippen LogP contribution in [0.3, 0.4) is 0 Å². The average molecular weight is 533 g/mol. The summed E-state index contributed by atoms with van der Waals surface area (Å²) in [5.74, 6) is -0.409. The number of ether oxygens (including phenoxy) is 2. The maximum absolute atomic E-state index is 15.2. The highest BCUT2D eigenvalue weighted by Crippen LogP contribution is 2.41. The topological polar surface area (TPSA) is 83.9 Å². The smallest absolute Gasteiger partial charge is 0.429 e. The fraction of sp³-hybridized carbons (Fsp3) is 0.615. The fourth-order valence-corrected chi connectivity index (χ4v) is 5.71. The van der Waals surface area contributed by atoms with E-state index in [0.29, 0.717) is 30.9 Å². The molecule has 0 aromatic carbocycles. The number of aromatic nitrogens is 3. The predicted molar refractivity (Wildman–Crippen MR) is 139 cm³/mol. The highest BCUT2D eigenvalue weighted by Gasteiger charge is 2.46. The number of carbonyl (C=O) groups excluding carboxylic acids is 1. The number of hydrogen-bond acceptors (Lipinski definition) is 8. The molecule has 3 aliphatic heterocycles. The molecule has 1 atom stereocenters. The first-order valence-corrected chi connectivity index (χ1v) is 13.3. The minimum atomic E-state index is -0.749. The molecule has 37 heavy (non-hydrogen) atoms. The van der Waals surface area contributed by atoms with Gasteiger partial charge in [-0.05, 0) is 65.8 Å². The highest BCUT2D eigenvalue weighted by molar-refractivity contribution is 6.30. The molecule has 1 unspecified atom stereocenters. The van der Waals surface area contributed by atoms with E-state index in [1.807, 2.05) is 20.8 Å². The van der Waals surface area contributed by atoms with Gasteiger partial charge >= 0.3 is 12.1 Å². The Morgan fingerprint density at radius 1 is 1.19 bits per heavy atom. The number of anilines is 1. The van der Waals surface area contributed by atoms with Gasteiger partial charge in [0, 0.05) is 25.8 Å². The lowest BCUT2D eigenvalue weighted by atomic mass is 9.94. The maximum Gasteiger partial charge on any atom is 0.429 e. The van der Waals surface area contributed by atoms with Crippen LogP contribution in [0.5, 0.6) is 6.01 Å². The summed E-state index contributed by atoms with van der Waals surface area (Å²) in [6, 6.07) is 0.0378. The van der Waals surface area contributed by atoms with Crippen LogP contribution in [0.25, 0.3) is 10.9 Å². The van der Waals surface area contributed by atoms with E-state index in [4.69, 9.17) is 26.1 Å². The number of hydrogen-bond donors (Lipinski definition) is 0. The van der Waals surface area contributed by atoms with E-state index in [9.17, 15) is 4.79 Å². The third-order valence-corrected chi connectivity index (χ3v) is 7.45. The average Bonchev–Trinajstić information content (AvgIpc) is 3.22. The van der Waals surface area contributed by atoms with Crippen molar-refractivity contribution in [3.8, 4) is 6.01 Å². The number of pyridine rings is 1. The van der Waals surface area contributed by atoms with Crippen LogP contribution >= 0.6 is 11.6 Å². The Labute approximate surface area is 221 Å². The minimum absolute atomic E-state index is 0.00463. The van der Waals surface area contributed by atoms with Gasteiger partial charge < -0.3 is 9.47 Å². The molecule has 9 nitrogen and oxygen atoms in total. The van der Waals surface area contributed by atoms with E-state index in [-0.39, 0.29) is 22.2 Å². The number of nitrogens with zero attached hydrogens (tertiary/aromatic N) is 6. The zero-order chi connectivity index (χ0) is 26.4. The number of amides is 1. The molecule has 3 aliphatic rings. The first-order chi connectivity index (χ1) is 17.6. The highest BCUT2D eigenvalue weighted by atomic mass is 35.5. The molecule has 0 N–H and O–H groups in total. The lowest BCUT2D eigenvalue weighted by Gasteiger charge is -2.36. The Balaban J connectivity index is 1.54. The molecule has 2 aromatic heterocycles. The molecule has 3 saturated heterocycles. The molecule has 200 valence electrons. The van der Waals surface area contributed by atoms with Gasteiger partial charge in [-0.2, -0.15) is 9.97 Å². The SMILES string of the molecule is C=C1CN2CCCC2(COc2nc(N3CCCCCN3C(=O)OC(C)(C)C)c3cnc(Cl)c(F)c3n2)C1. The fourth-order valence-electron chi connectivity index (χ4n) is 5.57. The van der Waals surface area contributed by atoms with Gasteiger partial charge in [-0.3, -0.25) is 9.91 Å². The van der Waals surface area contributed by atoms with Crippen molar-refractivity contribution in [3.05, 3.63) is 29.3 Å². The van der Waals surface area contributed by atoms with Crippen LogP contribution in [0.1, 0.15) is 59.3 Å². The normalized spacial score (nSPS) is 22.9. The molecule has 5 heterocycles. The van der Waals surface area contributed by atoms with Crippen LogP contribution in [-0.2, 0) is 4.74 Å². The van der Waals surface area contributed by atoms with E-state index in [1.54, 1.807) is 5.01 Å².